The SMILES string of the molecule is COc1ccc([C@@H]2c3ccccc3O[C@H](NC(=O)OCc3ccccc3)[C@H]2c2ccc(F)cc2)cc1. The first-order valence-electron chi connectivity index (χ1n) is 11.7. The highest BCUT2D eigenvalue weighted by Gasteiger charge is 2.41. The number of carbonyl (C=O) groups is 1. The molecule has 0 aromatic heterocycles. The fourth-order valence-corrected chi connectivity index (χ4v) is 4.67. The predicted octanol–water partition coefficient (Wildman–Crippen LogP) is 6.39. The van der Waals surface area contributed by atoms with Crippen LogP contribution in [-0.2, 0) is 11.3 Å². The lowest BCUT2D eigenvalue weighted by Gasteiger charge is -2.40. The van der Waals surface area contributed by atoms with E-state index in [1.807, 2.05) is 78.9 Å². The van der Waals surface area contributed by atoms with Crippen molar-refractivity contribution in [2.45, 2.75) is 24.7 Å². The highest BCUT2D eigenvalue weighted by molar-refractivity contribution is 5.68. The minimum absolute atomic E-state index is 0.138. The lowest BCUT2D eigenvalue weighted by molar-refractivity contribution is 0.0803. The van der Waals surface area contributed by atoms with Gasteiger partial charge in [-0.05, 0) is 47.0 Å². The van der Waals surface area contributed by atoms with Crippen LogP contribution in [0.15, 0.2) is 103 Å². The molecule has 6 heteroatoms. The highest BCUT2D eigenvalue weighted by Crippen LogP contribution is 2.48. The Labute approximate surface area is 209 Å². The lowest BCUT2D eigenvalue weighted by Crippen LogP contribution is -2.47. The summed E-state index contributed by atoms with van der Waals surface area (Å²) < 4.78 is 31.0. The van der Waals surface area contributed by atoms with Crippen LogP contribution in [0.4, 0.5) is 9.18 Å². The van der Waals surface area contributed by atoms with Crippen LogP contribution in [0.25, 0.3) is 0 Å². The summed E-state index contributed by atoms with van der Waals surface area (Å²) in [4.78, 5) is 12.9. The normalized spacial score (nSPS) is 18.4. The molecule has 1 aliphatic rings. The number of amides is 1. The summed E-state index contributed by atoms with van der Waals surface area (Å²) in [6, 6.07) is 31.4. The minimum Gasteiger partial charge on any atom is -0.497 e. The van der Waals surface area contributed by atoms with E-state index in [2.05, 4.69) is 5.32 Å². The van der Waals surface area contributed by atoms with E-state index in [0.29, 0.717) is 5.75 Å². The molecule has 4 aromatic carbocycles. The van der Waals surface area contributed by atoms with Crippen LogP contribution < -0.4 is 14.8 Å². The number of nitrogens with one attached hydrogen (secondary N) is 1. The number of fused-ring (bicyclic) bond motifs is 1. The van der Waals surface area contributed by atoms with Gasteiger partial charge in [0, 0.05) is 11.5 Å². The van der Waals surface area contributed by atoms with Crippen molar-refractivity contribution < 1.29 is 23.4 Å². The first kappa shape index (κ1) is 23.4. The number of halogens is 1. The molecule has 1 amide bonds. The number of alkyl carbamates (subject to hydrolysis) is 1. The fourth-order valence-electron chi connectivity index (χ4n) is 4.67. The zero-order valence-electron chi connectivity index (χ0n) is 19.8. The van der Waals surface area contributed by atoms with E-state index >= 15 is 0 Å². The van der Waals surface area contributed by atoms with Gasteiger partial charge < -0.3 is 14.2 Å². The van der Waals surface area contributed by atoms with Crippen LogP contribution in [0.3, 0.4) is 0 Å². The van der Waals surface area contributed by atoms with Crippen LogP contribution in [0.2, 0.25) is 0 Å². The molecule has 3 atom stereocenters. The van der Waals surface area contributed by atoms with Crippen molar-refractivity contribution in [2.75, 3.05) is 7.11 Å². The van der Waals surface area contributed by atoms with Crippen LogP contribution >= 0.6 is 0 Å². The Morgan fingerprint density at radius 2 is 1.53 bits per heavy atom. The second kappa shape index (κ2) is 10.5. The average Bonchev–Trinajstić information content (AvgIpc) is 2.92. The molecule has 0 saturated heterocycles. The molecular formula is C30H26FNO4. The first-order chi connectivity index (χ1) is 17.6. The van der Waals surface area contributed by atoms with Gasteiger partial charge in [-0.15, -0.1) is 0 Å². The molecule has 36 heavy (non-hydrogen) atoms. The van der Waals surface area contributed by atoms with Gasteiger partial charge in [-0.1, -0.05) is 72.8 Å². The molecule has 0 saturated carbocycles. The van der Waals surface area contributed by atoms with Crippen molar-refractivity contribution in [1.82, 2.24) is 5.32 Å². The summed E-state index contributed by atoms with van der Waals surface area (Å²) in [5.41, 5.74) is 3.71. The number of para-hydroxylation sites is 1. The topological polar surface area (TPSA) is 56.8 Å². The number of carbonyl (C=O) groups excluding carboxylic acids is 1. The summed E-state index contributed by atoms with van der Waals surface area (Å²) in [6.07, 6.45) is -1.34. The third-order valence-corrected chi connectivity index (χ3v) is 6.40. The predicted molar refractivity (Wildman–Crippen MR) is 135 cm³/mol. The number of benzene rings is 4. The quantitative estimate of drug-likeness (QED) is 0.345. The minimum atomic E-state index is -0.749. The van der Waals surface area contributed by atoms with Gasteiger partial charge in [0.2, 0.25) is 0 Å². The molecule has 0 spiro atoms. The Balaban J connectivity index is 1.51. The smallest absolute Gasteiger partial charge is 0.410 e. The molecule has 0 fully saturated rings. The first-order valence-corrected chi connectivity index (χ1v) is 11.7. The van der Waals surface area contributed by atoms with Crippen molar-refractivity contribution in [3.63, 3.8) is 0 Å². The molecule has 1 aliphatic heterocycles. The van der Waals surface area contributed by atoms with Gasteiger partial charge in [-0.25, -0.2) is 9.18 Å². The van der Waals surface area contributed by atoms with Crippen LogP contribution in [0.1, 0.15) is 34.1 Å². The molecule has 0 radical (unpaired) electrons. The molecule has 0 bridgehead atoms. The number of methoxy groups -OCH3 is 1. The third-order valence-electron chi connectivity index (χ3n) is 6.40. The van der Waals surface area contributed by atoms with Crippen molar-refractivity contribution in [1.29, 1.82) is 0 Å². The van der Waals surface area contributed by atoms with Gasteiger partial charge in [0.15, 0.2) is 6.23 Å². The maximum absolute atomic E-state index is 13.8. The van der Waals surface area contributed by atoms with Crippen LogP contribution in [0.5, 0.6) is 11.5 Å². The van der Waals surface area contributed by atoms with E-state index in [0.717, 1.165) is 28.0 Å². The highest BCUT2D eigenvalue weighted by atomic mass is 19.1. The zero-order chi connectivity index (χ0) is 24.9. The van der Waals surface area contributed by atoms with E-state index in [1.165, 1.54) is 12.1 Å². The van der Waals surface area contributed by atoms with Gasteiger partial charge in [0.05, 0.1) is 13.0 Å². The Bertz CT molecular complexity index is 1310. The summed E-state index contributed by atoms with van der Waals surface area (Å²) in [5, 5.41) is 2.91. The maximum Gasteiger partial charge on any atom is 0.410 e. The van der Waals surface area contributed by atoms with Gasteiger partial charge >= 0.3 is 6.09 Å². The Kier molecular flexibility index (Phi) is 6.85. The maximum atomic E-state index is 13.8. The van der Waals surface area contributed by atoms with Crippen LogP contribution in [-0.4, -0.2) is 19.4 Å². The molecule has 0 unspecified atom stereocenters. The van der Waals surface area contributed by atoms with Gasteiger partial charge in [-0.2, -0.15) is 0 Å². The summed E-state index contributed by atoms with van der Waals surface area (Å²) in [6.45, 7) is 0.138. The molecule has 1 N–H and O–H groups in total. The fraction of sp³-hybridized carbons (Fsp3) is 0.167. The number of hydrogen-bond acceptors (Lipinski definition) is 4. The molecule has 5 rings (SSSR count). The van der Waals surface area contributed by atoms with Crippen molar-refractivity contribution in [3.05, 3.63) is 131 Å². The summed E-state index contributed by atoms with van der Waals surface area (Å²) in [5.74, 6) is 0.564. The molecule has 182 valence electrons. The molecule has 1 heterocycles. The second-order valence-electron chi connectivity index (χ2n) is 8.61. The van der Waals surface area contributed by atoms with E-state index < -0.39 is 12.3 Å². The lowest BCUT2D eigenvalue weighted by atomic mass is 9.74. The Hall–Kier alpha value is -4.32. The van der Waals surface area contributed by atoms with Crippen LogP contribution in [0, 0.1) is 5.82 Å². The van der Waals surface area contributed by atoms with E-state index in [4.69, 9.17) is 14.2 Å². The van der Waals surface area contributed by atoms with Gasteiger partial charge in [0.1, 0.15) is 23.9 Å². The van der Waals surface area contributed by atoms with Crippen molar-refractivity contribution in [3.8, 4) is 11.5 Å². The molecule has 5 nitrogen and oxygen atoms in total. The van der Waals surface area contributed by atoms with E-state index in [-0.39, 0.29) is 24.3 Å². The molecule has 4 aromatic rings. The monoisotopic (exact) mass is 483 g/mol. The second-order valence-corrected chi connectivity index (χ2v) is 8.61. The molecule has 0 aliphatic carbocycles. The number of rotatable bonds is 6. The van der Waals surface area contributed by atoms with Crippen molar-refractivity contribution >= 4 is 6.09 Å². The third kappa shape index (κ3) is 5.03. The van der Waals surface area contributed by atoms with E-state index in [9.17, 15) is 9.18 Å². The largest absolute Gasteiger partial charge is 0.497 e. The van der Waals surface area contributed by atoms with Gasteiger partial charge in [-0.3, -0.25) is 5.32 Å². The van der Waals surface area contributed by atoms with Gasteiger partial charge in [0.25, 0.3) is 0 Å². The Morgan fingerprint density at radius 3 is 2.25 bits per heavy atom. The number of hydrogen-bond donors (Lipinski definition) is 1. The summed E-state index contributed by atoms with van der Waals surface area (Å²) in [7, 11) is 1.63. The standard InChI is InChI=1S/C30H26FNO4/c1-34-24-17-13-21(14-18-24)27-25-9-5-6-10-26(25)36-29(28(27)22-11-15-23(31)16-12-22)32-30(33)35-19-20-7-3-2-4-8-20/h2-18,27-29H,19H2,1H3,(H,32,33)/t27-,28+,29+/m1/s1. The van der Waals surface area contributed by atoms with Crippen molar-refractivity contribution in [2.24, 2.45) is 0 Å². The van der Waals surface area contributed by atoms with E-state index in [1.54, 1.807) is 19.2 Å². The number of ether oxygens (including phenoxy) is 3. The average molecular weight is 484 g/mol. The summed E-state index contributed by atoms with van der Waals surface area (Å²) >= 11 is 0. The zero-order valence-corrected chi connectivity index (χ0v) is 19.8. The molecular weight excluding hydrogens is 457 g/mol. The Morgan fingerprint density at radius 1 is 0.861 bits per heavy atom.